The van der Waals surface area contributed by atoms with Crippen LogP contribution >= 0.6 is 23.1 Å². The Morgan fingerprint density at radius 1 is 1.12 bits per heavy atom. The highest BCUT2D eigenvalue weighted by molar-refractivity contribution is 8.00. The van der Waals surface area contributed by atoms with E-state index >= 15 is 0 Å². The topological polar surface area (TPSA) is 84.1 Å². The van der Waals surface area contributed by atoms with Crippen LogP contribution in [0, 0.1) is 0 Å². The lowest BCUT2D eigenvalue weighted by molar-refractivity contribution is -0.115. The van der Waals surface area contributed by atoms with Crippen LogP contribution < -0.4 is 15.6 Å². The molecule has 2 aromatic carbocycles. The molecule has 8 heteroatoms. The molecular formula is C24H23N3O3S2. The fourth-order valence-corrected chi connectivity index (χ4v) is 5.33. The van der Waals surface area contributed by atoms with Crippen molar-refractivity contribution >= 4 is 44.9 Å². The first kappa shape index (κ1) is 22.1. The summed E-state index contributed by atoms with van der Waals surface area (Å²) in [6.45, 7) is 3.78. The van der Waals surface area contributed by atoms with E-state index in [2.05, 4.69) is 10.3 Å². The first-order valence-corrected chi connectivity index (χ1v) is 12.0. The van der Waals surface area contributed by atoms with Crippen LogP contribution in [0.3, 0.4) is 0 Å². The van der Waals surface area contributed by atoms with Crippen molar-refractivity contribution in [3.8, 4) is 16.9 Å². The molecule has 0 unspecified atom stereocenters. The second-order valence-electron chi connectivity index (χ2n) is 7.29. The fraction of sp³-hybridized carbons (Fsp3) is 0.208. The Hall–Kier alpha value is -3.10. The van der Waals surface area contributed by atoms with E-state index < -0.39 is 0 Å². The number of carbonyl (C=O) groups excluding carboxylic acids is 1. The Kier molecular flexibility index (Phi) is 6.62. The van der Waals surface area contributed by atoms with Gasteiger partial charge in [0.05, 0.1) is 23.0 Å². The molecule has 2 N–H and O–H groups in total. The summed E-state index contributed by atoms with van der Waals surface area (Å²) in [7, 11) is 1.60. The minimum absolute atomic E-state index is 0.113. The van der Waals surface area contributed by atoms with Crippen LogP contribution in [0.4, 0.5) is 5.69 Å². The molecule has 164 valence electrons. The van der Waals surface area contributed by atoms with Gasteiger partial charge in [0.25, 0.3) is 5.56 Å². The van der Waals surface area contributed by atoms with E-state index in [1.807, 2.05) is 49.6 Å². The molecular weight excluding hydrogens is 442 g/mol. The van der Waals surface area contributed by atoms with Crippen LogP contribution in [-0.2, 0) is 4.79 Å². The number of aromatic nitrogens is 2. The van der Waals surface area contributed by atoms with Gasteiger partial charge in [-0.05, 0) is 43.7 Å². The summed E-state index contributed by atoms with van der Waals surface area (Å²) in [5.41, 5.74) is 2.42. The monoisotopic (exact) mass is 465 g/mol. The number of benzene rings is 2. The molecule has 0 spiro atoms. The van der Waals surface area contributed by atoms with E-state index in [-0.39, 0.29) is 22.0 Å². The number of carbonyl (C=O) groups is 1. The van der Waals surface area contributed by atoms with Gasteiger partial charge in [0.1, 0.15) is 16.4 Å². The number of thiophene rings is 1. The molecule has 0 fully saturated rings. The Balaban J connectivity index is 1.49. The average Bonchev–Trinajstić information content (AvgIpc) is 3.25. The zero-order chi connectivity index (χ0) is 22.7. The third-order valence-electron chi connectivity index (χ3n) is 5.07. The maximum atomic E-state index is 12.9. The molecule has 0 saturated carbocycles. The summed E-state index contributed by atoms with van der Waals surface area (Å²) in [5, 5.41) is 4.98. The van der Waals surface area contributed by atoms with Crippen molar-refractivity contribution in [2.45, 2.75) is 24.3 Å². The highest BCUT2D eigenvalue weighted by Gasteiger charge is 2.21. The predicted molar refractivity (Wildman–Crippen MR) is 133 cm³/mol. The van der Waals surface area contributed by atoms with E-state index in [9.17, 15) is 9.59 Å². The fourth-order valence-electron chi connectivity index (χ4n) is 3.34. The Morgan fingerprint density at radius 2 is 1.84 bits per heavy atom. The van der Waals surface area contributed by atoms with E-state index in [4.69, 9.17) is 9.72 Å². The van der Waals surface area contributed by atoms with E-state index in [1.54, 1.807) is 31.4 Å². The standard InChI is InChI=1S/C24H23N3O3S2/c1-14(32-15(2)22(28)25-17-9-11-18(30-3)12-10-17)21-26-23(29)20-19(13-31-24(20)27-21)16-7-5-4-6-8-16/h4-15H,1-3H3,(H,25,28)(H,26,27,29)/t14-,15-/m1/s1. The molecule has 1 amide bonds. The summed E-state index contributed by atoms with van der Waals surface area (Å²) < 4.78 is 5.14. The first-order valence-electron chi connectivity index (χ1n) is 10.1. The van der Waals surface area contributed by atoms with Crippen molar-refractivity contribution in [1.29, 1.82) is 0 Å². The van der Waals surface area contributed by atoms with E-state index in [0.717, 1.165) is 16.9 Å². The molecule has 0 aliphatic heterocycles. The van der Waals surface area contributed by atoms with Gasteiger partial charge in [0.2, 0.25) is 5.91 Å². The van der Waals surface area contributed by atoms with Gasteiger partial charge in [-0.15, -0.1) is 23.1 Å². The lowest BCUT2D eigenvalue weighted by atomic mass is 10.1. The van der Waals surface area contributed by atoms with E-state index in [1.165, 1.54) is 23.1 Å². The molecule has 32 heavy (non-hydrogen) atoms. The largest absolute Gasteiger partial charge is 0.497 e. The van der Waals surface area contributed by atoms with Gasteiger partial charge in [-0.3, -0.25) is 9.59 Å². The summed E-state index contributed by atoms with van der Waals surface area (Å²) in [6.07, 6.45) is 0. The molecule has 0 aliphatic carbocycles. The Morgan fingerprint density at radius 3 is 2.53 bits per heavy atom. The molecule has 0 radical (unpaired) electrons. The van der Waals surface area contributed by atoms with Crippen LogP contribution in [0.5, 0.6) is 5.75 Å². The maximum Gasteiger partial charge on any atom is 0.260 e. The number of H-pyrrole nitrogens is 1. The molecule has 6 nitrogen and oxygen atoms in total. The number of nitrogens with one attached hydrogen (secondary N) is 2. The van der Waals surface area contributed by atoms with Gasteiger partial charge in [0.15, 0.2) is 0 Å². The van der Waals surface area contributed by atoms with Crippen LogP contribution in [-0.4, -0.2) is 28.2 Å². The SMILES string of the molecule is COc1ccc(NC(=O)[C@@H](C)S[C@H](C)c2nc3scc(-c4ccccc4)c3c(=O)[nH]2)cc1. The third-order valence-corrected chi connectivity index (χ3v) is 7.19. The first-order chi connectivity index (χ1) is 15.5. The van der Waals surface area contributed by atoms with Crippen LogP contribution in [0.15, 0.2) is 64.8 Å². The molecule has 4 rings (SSSR count). The number of ether oxygens (including phenoxy) is 1. The maximum absolute atomic E-state index is 12.9. The molecule has 0 bridgehead atoms. The normalized spacial score (nSPS) is 13.0. The zero-order valence-corrected chi connectivity index (χ0v) is 19.5. The van der Waals surface area contributed by atoms with Crippen molar-refractivity contribution < 1.29 is 9.53 Å². The number of hydrogen-bond acceptors (Lipinski definition) is 6. The van der Waals surface area contributed by atoms with Gasteiger partial charge in [-0.25, -0.2) is 4.98 Å². The lowest BCUT2D eigenvalue weighted by Crippen LogP contribution is -2.23. The van der Waals surface area contributed by atoms with Gasteiger partial charge in [-0.2, -0.15) is 0 Å². The highest BCUT2D eigenvalue weighted by Crippen LogP contribution is 2.34. The number of anilines is 1. The van der Waals surface area contributed by atoms with Gasteiger partial charge >= 0.3 is 0 Å². The highest BCUT2D eigenvalue weighted by atomic mass is 32.2. The van der Waals surface area contributed by atoms with Crippen molar-refractivity contribution in [3.63, 3.8) is 0 Å². The number of rotatable bonds is 7. The zero-order valence-electron chi connectivity index (χ0n) is 17.9. The van der Waals surface area contributed by atoms with Crippen molar-refractivity contribution in [2.24, 2.45) is 0 Å². The van der Waals surface area contributed by atoms with Crippen LogP contribution in [0.25, 0.3) is 21.3 Å². The number of hydrogen-bond donors (Lipinski definition) is 2. The van der Waals surface area contributed by atoms with Crippen molar-refractivity contribution in [2.75, 3.05) is 12.4 Å². The lowest BCUT2D eigenvalue weighted by Gasteiger charge is -2.16. The Labute approximate surface area is 194 Å². The Bertz CT molecular complexity index is 1280. The van der Waals surface area contributed by atoms with Crippen LogP contribution in [0.1, 0.15) is 24.9 Å². The molecule has 2 heterocycles. The number of amides is 1. The summed E-state index contributed by atoms with van der Waals surface area (Å²) >= 11 is 2.90. The molecule has 2 atom stereocenters. The summed E-state index contributed by atoms with van der Waals surface area (Å²) in [5.74, 6) is 1.18. The molecule has 4 aromatic rings. The smallest absolute Gasteiger partial charge is 0.260 e. The second kappa shape index (κ2) is 9.58. The molecule has 0 saturated heterocycles. The number of methoxy groups -OCH3 is 1. The third kappa shape index (κ3) is 4.71. The van der Waals surface area contributed by atoms with Gasteiger partial charge in [-0.1, -0.05) is 30.3 Å². The second-order valence-corrected chi connectivity index (χ2v) is 9.83. The number of thioether (sulfide) groups is 1. The van der Waals surface area contributed by atoms with E-state index in [0.29, 0.717) is 21.7 Å². The minimum atomic E-state index is -0.337. The minimum Gasteiger partial charge on any atom is -0.497 e. The molecule has 0 aliphatic rings. The number of nitrogens with zero attached hydrogens (tertiary/aromatic N) is 1. The summed E-state index contributed by atoms with van der Waals surface area (Å²) in [6, 6.07) is 17.0. The van der Waals surface area contributed by atoms with Crippen LogP contribution in [0.2, 0.25) is 0 Å². The number of fused-ring (bicyclic) bond motifs is 1. The quantitative estimate of drug-likeness (QED) is 0.377. The molecule has 2 aromatic heterocycles. The average molecular weight is 466 g/mol. The van der Waals surface area contributed by atoms with Crippen molar-refractivity contribution in [3.05, 3.63) is 76.2 Å². The van der Waals surface area contributed by atoms with Gasteiger partial charge in [0, 0.05) is 16.6 Å². The summed E-state index contributed by atoms with van der Waals surface area (Å²) in [4.78, 5) is 33.8. The van der Waals surface area contributed by atoms with Gasteiger partial charge < -0.3 is 15.0 Å². The number of aromatic amines is 1. The predicted octanol–water partition coefficient (Wildman–Crippen LogP) is 5.48. The van der Waals surface area contributed by atoms with Crippen molar-refractivity contribution in [1.82, 2.24) is 9.97 Å².